The first kappa shape index (κ1) is 16.1. The van der Waals surface area contributed by atoms with Crippen molar-refractivity contribution in [3.05, 3.63) is 65.3 Å². The van der Waals surface area contributed by atoms with Crippen molar-refractivity contribution < 1.29 is 13.9 Å². The minimum absolute atomic E-state index is 0.0289. The molecule has 0 spiro atoms. The number of halogens is 1. The van der Waals surface area contributed by atoms with Crippen molar-refractivity contribution >= 4 is 22.4 Å². The van der Waals surface area contributed by atoms with E-state index in [1.807, 2.05) is 29.6 Å². The molecule has 0 fully saturated rings. The number of hydrogen-bond donors (Lipinski definition) is 0. The van der Waals surface area contributed by atoms with Crippen LogP contribution in [0.3, 0.4) is 0 Å². The molecule has 0 aliphatic carbocycles. The van der Waals surface area contributed by atoms with Gasteiger partial charge in [0.1, 0.15) is 11.6 Å². The minimum Gasteiger partial charge on any atom is -0.497 e. The van der Waals surface area contributed by atoms with Crippen LogP contribution in [-0.4, -0.2) is 25.0 Å². The van der Waals surface area contributed by atoms with E-state index in [2.05, 4.69) is 4.98 Å². The van der Waals surface area contributed by atoms with Gasteiger partial charge in [-0.15, -0.1) is 11.3 Å². The molecule has 24 heavy (non-hydrogen) atoms. The summed E-state index contributed by atoms with van der Waals surface area (Å²) in [6.45, 7) is 0. The molecule has 3 rings (SSSR count). The lowest BCUT2D eigenvalue weighted by molar-refractivity contribution is 0.0989. The van der Waals surface area contributed by atoms with Crippen LogP contribution in [0.15, 0.2) is 53.9 Å². The number of anilines is 1. The monoisotopic (exact) mass is 342 g/mol. The fourth-order valence-electron chi connectivity index (χ4n) is 2.21. The van der Waals surface area contributed by atoms with Gasteiger partial charge in [0.15, 0.2) is 5.13 Å². The van der Waals surface area contributed by atoms with Gasteiger partial charge in [0.05, 0.1) is 18.4 Å². The van der Waals surface area contributed by atoms with Crippen LogP contribution in [0.4, 0.5) is 9.52 Å². The summed E-state index contributed by atoms with van der Waals surface area (Å²) in [6, 6.07) is 13.4. The predicted molar refractivity (Wildman–Crippen MR) is 93.2 cm³/mol. The summed E-state index contributed by atoms with van der Waals surface area (Å²) >= 11 is 1.33. The maximum Gasteiger partial charge on any atom is 0.262 e. The molecule has 0 N–H and O–H groups in total. The highest BCUT2D eigenvalue weighted by Gasteiger charge is 2.19. The molecule has 3 aromatic rings. The highest BCUT2D eigenvalue weighted by atomic mass is 32.1. The Morgan fingerprint density at radius 1 is 1.17 bits per heavy atom. The fourth-order valence-corrected chi connectivity index (χ4v) is 3.01. The van der Waals surface area contributed by atoms with E-state index in [1.54, 1.807) is 26.3 Å². The number of amides is 1. The number of methoxy groups -OCH3 is 1. The highest BCUT2D eigenvalue weighted by molar-refractivity contribution is 7.14. The van der Waals surface area contributed by atoms with Gasteiger partial charge in [0.25, 0.3) is 5.91 Å². The van der Waals surface area contributed by atoms with E-state index < -0.39 is 11.7 Å². The number of thiazole rings is 1. The third-order valence-electron chi connectivity index (χ3n) is 3.57. The van der Waals surface area contributed by atoms with Crippen molar-refractivity contribution in [2.24, 2.45) is 0 Å². The SMILES string of the molecule is COc1ccc(-c2csc(N(C)C(=O)c3ccccc3F)n2)cc1. The van der Waals surface area contributed by atoms with Gasteiger partial charge < -0.3 is 4.74 Å². The molecule has 1 aromatic heterocycles. The van der Waals surface area contributed by atoms with Crippen molar-refractivity contribution in [2.45, 2.75) is 0 Å². The summed E-state index contributed by atoms with van der Waals surface area (Å²) in [4.78, 5) is 18.3. The van der Waals surface area contributed by atoms with Crippen molar-refractivity contribution in [1.29, 1.82) is 0 Å². The number of ether oxygens (including phenoxy) is 1. The van der Waals surface area contributed by atoms with Crippen molar-refractivity contribution in [1.82, 2.24) is 4.98 Å². The van der Waals surface area contributed by atoms with Crippen molar-refractivity contribution in [3.8, 4) is 17.0 Å². The lowest BCUT2D eigenvalue weighted by atomic mass is 10.2. The van der Waals surface area contributed by atoms with Gasteiger partial charge >= 0.3 is 0 Å². The number of nitrogens with zero attached hydrogens (tertiary/aromatic N) is 2. The molecule has 1 heterocycles. The smallest absolute Gasteiger partial charge is 0.262 e. The maximum atomic E-state index is 13.8. The molecule has 0 aliphatic rings. The van der Waals surface area contributed by atoms with E-state index in [4.69, 9.17) is 4.74 Å². The van der Waals surface area contributed by atoms with Crippen LogP contribution in [0.5, 0.6) is 5.75 Å². The quantitative estimate of drug-likeness (QED) is 0.712. The summed E-state index contributed by atoms with van der Waals surface area (Å²) in [7, 11) is 3.20. The van der Waals surface area contributed by atoms with Crippen molar-refractivity contribution in [3.63, 3.8) is 0 Å². The van der Waals surface area contributed by atoms with E-state index in [9.17, 15) is 9.18 Å². The molecule has 0 saturated heterocycles. The summed E-state index contributed by atoms with van der Waals surface area (Å²) in [6.07, 6.45) is 0. The van der Waals surface area contributed by atoms with Crippen LogP contribution < -0.4 is 9.64 Å². The lowest BCUT2D eigenvalue weighted by Crippen LogP contribution is -2.26. The Hall–Kier alpha value is -2.73. The first-order valence-electron chi connectivity index (χ1n) is 7.22. The lowest BCUT2D eigenvalue weighted by Gasteiger charge is -2.14. The Bertz CT molecular complexity index is 861. The zero-order valence-electron chi connectivity index (χ0n) is 13.2. The highest BCUT2D eigenvalue weighted by Crippen LogP contribution is 2.29. The number of aromatic nitrogens is 1. The summed E-state index contributed by atoms with van der Waals surface area (Å²) < 4.78 is 18.9. The molecule has 0 atom stereocenters. The summed E-state index contributed by atoms with van der Waals surface area (Å²) in [5.41, 5.74) is 1.71. The van der Waals surface area contributed by atoms with Gasteiger partial charge in [-0.25, -0.2) is 9.37 Å². The van der Waals surface area contributed by atoms with Gasteiger partial charge in [0.2, 0.25) is 0 Å². The van der Waals surface area contributed by atoms with Gasteiger partial charge in [0, 0.05) is 18.0 Å². The number of carbonyl (C=O) groups excluding carboxylic acids is 1. The Balaban J connectivity index is 1.84. The normalized spacial score (nSPS) is 10.5. The second kappa shape index (κ2) is 6.80. The van der Waals surface area contributed by atoms with E-state index in [1.165, 1.54) is 28.4 Å². The van der Waals surface area contributed by atoms with Crippen molar-refractivity contribution in [2.75, 3.05) is 19.1 Å². The first-order chi connectivity index (χ1) is 11.6. The van der Waals surface area contributed by atoms with E-state index in [-0.39, 0.29) is 5.56 Å². The van der Waals surface area contributed by atoms with Crippen LogP contribution in [0.25, 0.3) is 11.3 Å². The van der Waals surface area contributed by atoms with Gasteiger partial charge in [-0.05, 0) is 36.4 Å². The molecule has 0 saturated carbocycles. The Kier molecular flexibility index (Phi) is 4.57. The Morgan fingerprint density at radius 2 is 1.88 bits per heavy atom. The maximum absolute atomic E-state index is 13.8. The van der Waals surface area contributed by atoms with E-state index >= 15 is 0 Å². The molecule has 4 nitrogen and oxygen atoms in total. The van der Waals surface area contributed by atoms with Crippen LogP contribution in [0.2, 0.25) is 0 Å². The first-order valence-corrected chi connectivity index (χ1v) is 8.10. The number of carbonyl (C=O) groups is 1. The fraction of sp³-hybridized carbons (Fsp3) is 0.111. The van der Waals surface area contributed by atoms with Gasteiger partial charge in [-0.3, -0.25) is 9.69 Å². The van der Waals surface area contributed by atoms with Gasteiger partial charge in [-0.2, -0.15) is 0 Å². The van der Waals surface area contributed by atoms with Gasteiger partial charge in [-0.1, -0.05) is 12.1 Å². The minimum atomic E-state index is -0.540. The average Bonchev–Trinajstić information content (AvgIpc) is 3.11. The summed E-state index contributed by atoms with van der Waals surface area (Å²) in [5, 5.41) is 2.37. The average molecular weight is 342 g/mol. The largest absolute Gasteiger partial charge is 0.497 e. The molecule has 0 bridgehead atoms. The number of rotatable bonds is 4. The number of benzene rings is 2. The molecule has 1 amide bonds. The Labute approximate surface area is 143 Å². The van der Waals surface area contributed by atoms with Crippen LogP contribution >= 0.6 is 11.3 Å². The standard InChI is InChI=1S/C18H15FN2O2S/c1-21(17(22)14-5-3-4-6-15(14)19)18-20-16(11-24-18)12-7-9-13(23-2)10-8-12/h3-11H,1-2H3. The van der Waals surface area contributed by atoms with Crippen LogP contribution in [-0.2, 0) is 0 Å². The molecule has 6 heteroatoms. The Morgan fingerprint density at radius 3 is 2.54 bits per heavy atom. The predicted octanol–water partition coefficient (Wildman–Crippen LogP) is 4.23. The molecule has 0 radical (unpaired) electrons. The third kappa shape index (κ3) is 3.14. The zero-order chi connectivity index (χ0) is 17.1. The number of hydrogen-bond acceptors (Lipinski definition) is 4. The topological polar surface area (TPSA) is 42.4 Å². The molecular formula is C18H15FN2O2S. The molecule has 122 valence electrons. The molecular weight excluding hydrogens is 327 g/mol. The second-order valence-electron chi connectivity index (χ2n) is 5.09. The van der Waals surface area contributed by atoms with Crippen LogP contribution in [0, 0.1) is 5.82 Å². The van der Waals surface area contributed by atoms with E-state index in [0.717, 1.165) is 17.0 Å². The summed E-state index contributed by atoms with van der Waals surface area (Å²) in [5.74, 6) is -0.203. The second-order valence-corrected chi connectivity index (χ2v) is 5.92. The molecule has 0 unspecified atom stereocenters. The molecule has 2 aromatic carbocycles. The zero-order valence-corrected chi connectivity index (χ0v) is 14.0. The molecule has 0 aliphatic heterocycles. The van der Waals surface area contributed by atoms with E-state index in [0.29, 0.717) is 5.13 Å². The van der Waals surface area contributed by atoms with Crippen LogP contribution in [0.1, 0.15) is 10.4 Å². The third-order valence-corrected chi connectivity index (χ3v) is 4.49.